The lowest BCUT2D eigenvalue weighted by molar-refractivity contribution is 0.102. The second kappa shape index (κ2) is 4.85. The topological polar surface area (TPSA) is 92.8 Å². The van der Waals surface area contributed by atoms with Gasteiger partial charge in [0.05, 0.1) is 18.0 Å². The number of fused-ring (bicyclic) bond motifs is 1. The molecule has 0 saturated heterocycles. The van der Waals surface area contributed by atoms with Crippen LogP contribution in [0.15, 0.2) is 18.3 Å². The zero-order valence-corrected chi connectivity index (χ0v) is 11.0. The summed E-state index contributed by atoms with van der Waals surface area (Å²) in [5, 5.41) is 12.4. The van der Waals surface area contributed by atoms with Crippen molar-refractivity contribution in [3.8, 4) is 5.75 Å². The van der Waals surface area contributed by atoms with E-state index in [4.69, 9.17) is 4.74 Å². The maximum atomic E-state index is 13.4. The van der Waals surface area contributed by atoms with Crippen molar-refractivity contribution < 1.29 is 13.9 Å². The highest BCUT2D eigenvalue weighted by atomic mass is 32.1. The number of aromatic amines is 1. The lowest BCUT2D eigenvalue weighted by Gasteiger charge is -1.99. The van der Waals surface area contributed by atoms with Gasteiger partial charge in [0.25, 0.3) is 5.91 Å². The number of carbonyl (C=O) groups is 1. The standard InChI is InChI=1S/C11H8FN5O2S/c1-19-7-2-5(12)3-8-9(7)14-11(20-8)15-10(18)6-4-13-17-16-6/h2-4H,1H3,(H,13,16,17)(H,14,15,18). The SMILES string of the molecule is COc1cc(F)cc2sc(NC(=O)c3cn[nH]n3)nc12. The largest absolute Gasteiger partial charge is 0.494 e. The molecule has 20 heavy (non-hydrogen) atoms. The van der Waals surface area contributed by atoms with Gasteiger partial charge in [0, 0.05) is 6.07 Å². The Bertz CT molecular complexity index is 771. The molecule has 0 aliphatic carbocycles. The number of benzene rings is 1. The molecule has 0 bridgehead atoms. The number of thiazole rings is 1. The maximum absolute atomic E-state index is 13.4. The second-order valence-corrected chi connectivity index (χ2v) is 4.81. The van der Waals surface area contributed by atoms with E-state index in [1.807, 2.05) is 0 Å². The van der Waals surface area contributed by atoms with Gasteiger partial charge in [-0.1, -0.05) is 11.3 Å². The number of hydrogen-bond donors (Lipinski definition) is 2. The molecule has 9 heteroatoms. The average Bonchev–Trinajstić information content (AvgIpc) is 3.05. The van der Waals surface area contributed by atoms with Gasteiger partial charge in [0.2, 0.25) is 0 Å². The summed E-state index contributed by atoms with van der Waals surface area (Å²) in [6.07, 6.45) is 1.29. The van der Waals surface area contributed by atoms with E-state index in [0.717, 1.165) is 11.3 Å². The van der Waals surface area contributed by atoms with E-state index in [0.29, 0.717) is 21.1 Å². The Morgan fingerprint density at radius 1 is 1.50 bits per heavy atom. The minimum absolute atomic E-state index is 0.141. The first-order valence-corrected chi connectivity index (χ1v) is 6.30. The van der Waals surface area contributed by atoms with Crippen LogP contribution < -0.4 is 10.1 Å². The molecule has 1 aromatic carbocycles. The van der Waals surface area contributed by atoms with E-state index < -0.39 is 11.7 Å². The molecule has 3 rings (SSSR count). The minimum atomic E-state index is -0.447. The van der Waals surface area contributed by atoms with Crippen molar-refractivity contribution in [3.05, 3.63) is 29.8 Å². The maximum Gasteiger partial charge on any atom is 0.279 e. The number of amides is 1. The van der Waals surface area contributed by atoms with Gasteiger partial charge in [-0.15, -0.1) is 0 Å². The summed E-state index contributed by atoms with van der Waals surface area (Å²) >= 11 is 1.15. The second-order valence-electron chi connectivity index (χ2n) is 3.78. The summed E-state index contributed by atoms with van der Waals surface area (Å²) in [6.45, 7) is 0. The van der Waals surface area contributed by atoms with Crippen molar-refractivity contribution in [2.75, 3.05) is 12.4 Å². The summed E-state index contributed by atoms with van der Waals surface area (Å²) < 4.78 is 19.0. The van der Waals surface area contributed by atoms with E-state index in [9.17, 15) is 9.18 Å². The van der Waals surface area contributed by atoms with Crippen molar-refractivity contribution in [1.29, 1.82) is 0 Å². The predicted octanol–water partition coefficient (Wildman–Crippen LogP) is 1.81. The van der Waals surface area contributed by atoms with Crippen LogP contribution in [0.5, 0.6) is 5.75 Å². The summed E-state index contributed by atoms with van der Waals surface area (Å²) in [7, 11) is 1.43. The molecule has 102 valence electrons. The van der Waals surface area contributed by atoms with Crippen molar-refractivity contribution in [3.63, 3.8) is 0 Å². The molecular formula is C11H8FN5O2S. The van der Waals surface area contributed by atoms with Gasteiger partial charge in [0.1, 0.15) is 17.1 Å². The van der Waals surface area contributed by atoms with Crippen molar-refractivity contribution >= 4 is 32.6 Å². The number of anilines is 1. The Kier molecular flexibility index (Phi) is 3.03. The van der Waals surface area contributed by atoms with Gasteiger partial charge in [0.15, 0.2) is 10.8 Å². The number of methoxy groups -OCH3 is 1. The Labute approximate surface area is 115 Å². The van der Waals surface area contributed by atoms with Crippen molar-refractivity contribution in [2.45, 2.75) is 0 Å². The first-order chi connectivity index (χ1) is 9.67. The third kappa shape index (κ3) is 2.18. The minimum Gasteiger partial charge on any atom is -0.494 e. The van der Waals surface area contributed by atoms with Crippen LogP contribution in [-0.4, -0.2) is 33.4 Å². The number of ether oxygens (including phenoxy) is 1. The molecule has 0 radical (unpaired) electrons. The molecule has 0 aliphatic heterocycles. The molecule has 0 atom stereocenters. The first kappa shape index (κ1) is 12.5. The van der Waals surface area contributed by atoms with E-state index >= 15 is 0 Å². The Morgan fingerprint density at radius 2 is 2.35 bits per heavy atom. The third-order valence-electron chi connectivity index (χ3n) is 2.51. The number of carbonyl (C=O) groups excluding carboxylic acids is 1. The van der Waals surface area contributed by atoms with Crippen molar-refractivity contribution in [1.82, 2.24) is 20.4 Å². The molecule has 0 spiro atoms. The quantitative estimate of drug-likeness (QED) is 0.768. The van der Waals surface area contributed by atoms with Crippen LogP contribution in [0.3, 0.4) is 0 Å². The molecule has 7 nitrogen and oxygen atoms in total. The summed E-state index contributed by atoms with van der Waals surface area (Å²) in [5.74, 6) is -0.553. The fourth-order valence-corrected chi connectivity index (χ4v) is 2.55. The van der Waals surface area contributed by atoms with E-state index in [1.54, 1.807) is 0 Å². The summed E-state index contributed by atoms with van der Waals surface area (Å²) in [4.78, 5) is 16.0. The highest BCUT2D eigenvalue weighted by Crippen LogP contribution is 2.33. The third-order valence-corrected chi connectivity index (χ3v) is 3.43. The average molecular weight is 293 g/mol. The van der Waals surface area contributed by atoms with Crippen LogP contribution in [0.2, 0.25) is 0 Å². The summed E-state index contributed by atoms with van der Waals surface area (Å²) in [6, 6.07) is 2.58. The highest BCUT2D eigenvalue weighted by molar-refractivity contribution is 7.22. The van der Waals surface area contributed by atoms with Crippen LogP contribution in [0.1, 0.15) is 10.5 Å². The molecule has 2 aromatic heterocycles. The van der Waals surface area contributed by atoms with E-state index in [2.05, 4.69) is 25.7 Å². The number of rotatable bonds is 3. The number of aromatic nitrogens is 4. The monoisotopic (exact) mass is 293 g/mol. The number of halogens is 1. The van der Waals surface area contributed by atoms with E-state index in [1.165, 1.54) is 25.4 Å². The summed E-state index contributed by atoms with van der Waals surface area (Å²) in [5.41, 5.74) is 0.636. The molecule has 0 aliphatic rings. The zero-order valence-electron chi connectivity index (χ0n) is 10.2. The molecule has 1 amide bonds. The van der Waals surface area contributed by atoms with Gasteiger partial charge in [-0.2, -0.15) is 15.4 Å². The van der Waals surface area contributed by atoms with Gasteiger partial charge in [-0.3, -0.25) is 10.1 Å². The van der Waals surface area contributed by atoms with Gasteiger partial charge < -0.3 is 4.74 Å². The normalized spacial score (nSPS) is 10.7. The van der Waals surface area contributed by atoms with Crippen LogP contribution >= 0.6 is 11.3 Å². The number of nitrogens with zero attached hydrogens (tertiary/aromatic N) is 3. The number of hydrogen-bond acceptors (Lipinski definition) is 6. The van der Waals surface area contributed by atoms with Gasteiger partial charge in [-0.05, 0) is 6.07 Å². The number of H-pyrrole nitrogens is 1. The molecule has 3 aromatic rings. The van der Waals surface area contributed by atoms with Crippen LogP contribution in [0.25, 0.3) is 10.2 Å². The van der Waals surface area contributed by atoms with Crippen LogP contribution in [-0.2, 0) is 0 Å². The Morgan fingerprint density at radius 3 is 3.05 bits per heavy atom. The smallest absolute Gasteiger partial charge is 0.279 e. The lowest BCUT2D eigenvalue weighted by atomic mass is 10.3. The highest BCUT2D eigenvalue weighted by Gasteiger charge is 2.15. The van der Waals surface area contributed by atoms with Gasteiger partial charge in [-0.25, -0.2) is 9.37 Å². The molecule has 0 fully saturated rings. The van der Waals surface area contributed by atoms with Crippen LogP contribution in [0, 0.1) is 5.82 Å². The fourth-order valence-electron chi connectivity index (χ4n) is 1.65. The Hall–Kier alpha value is -2.55. The van der Waals surface area contributed by atoms with Crippen LogP contribution in [0.4, 0.5) is 9.52 Å². The molecule has 0 unspecified atom stereocenters. The molecule has 0 saturated carbocycles. The first-order valence-electron chi connectivity index (χ1n) is 5.48. The predicted molar refractivity (Wildman–Crippen MR) is 70.5 cm³/mol. The molecule has 2 N–H and O–H groups in total. The molecular weight excluding hydrogens is 285 g/mol. The fraction of sp³-hybridized carbons (Fsp3) is 0.0909. The Balaban J connectivity index is 1.95. The van der Waals surface area contributed by atoms with E-state index in [-0.39, 0.29) is 5.69 Å². The lowest BCUT2D eigenvalue weighted by Crippen LogP contribution is -2.12. The number of nitrogens with one attached hydrogen (secondary N) is 2. The molecule has 2 heterocycles. The van der Waals surface area contributed by atoms with Gasteiger partial charge >= 0.3 is 0 Å². The van der Waals surface area contributed by atoms with Crippen molar-refractivity contribution in [2.24, 2.45) is 0 Å². The zero-order chi connectivity index (χ0) is 14.1.